The van der Waals surface area contributed by atoms with Crippen LogP contribution in [-0.2, 0) is 43.9 Å². The van der Waals surface area contributed by atoms with E-state index in [1.54, 1.807) is 24.3 Å². The fourth-order valence-corrected chi connectivity index (χ4v) is 7.56. The molecule has 214 valence electrons. The van der Waals surface area contributed by atoms with Gasteiger partial charge in [0.05, 0.1) is 50.1 Å². The number of aryl methyl sites for hydroxylation is 1. The van der Waals surface area contributed by atoms with Crippen molar-refractivity contribution in [1.82, 2.24) is 0 Å². The summed E-state index contributed by atoms with van der Waals surface area (Å²) >= 11 is 0. The van der Waals surface area contributed by atoms with Crippen LogP contribution < -0.4 is 0 Å². The summed E-state index contributed by atoms with van der Waals surface area (Å²) < 4.78 is 45.7. The molecule has 4 atom stereocenters. The number of rotatable bonds is 14. The Kier molecular flexibility index (Phi) is 9.32. The van der Waals surface area contributed by atoms with Gasteiger partial charge in [0.1, 0.15) is 4.75 Å². The minimum Gasteiger partial charge on any atom is -0.395 e. The van der Waals surface area contributed by atoms with E-state index in [4.69, 9.17) is 14.2 Å². The largest absolute Gasteiger partial charge is 0.395 e. The van der Waals surface area contributed by atoms with Gasteiger partial charge in [-0.2, -0.15) is 0 Å². The molecule has 5 rings (SSSR count). The molecule has 1 fully saturated rings. The number of benzene rings is 4. The van der Waals surface area contributed by atoms with E-state index in [0.29, 0.717) is 6.61 Å². The molecule has 4 aromatic rings. The molecule has 1 aliphatic rings. The number of sulfone groups is 1. The van der Waals surface area contributed by atoms with Crippen LogP contribution in [0.5, 0.6) is 0 Å². The number of hydrogen-bond donors (Lipinski definition) is 1. The molecule has 0 bridgehead atoms. The smallest absolute Gasteiger partial charge is 0.189 e. The highest BCUT2D eigenvalue weighted by atomic mass is 32.2. The number of hydrogen-bond acceptors (Lipinski definition) is 6. The molecular formula is C34H36O6S. The van der Waals surface area contributed by atoms with Crippen LogP contribution in [0.4, 0.5) is 0 Å². The monoisotopic (exact) mass is 572 g/mol. The fourth-order valence-electron chi connectivity index (χ4n) is 5.37. The lowest BCUT2D eigenvalue weighted by molar-refractivity contribution is -0.0524. The van der Waals surface area contributed by atoms with Gasteiger partial charge in [-0.15, -0.1) is 0 Å². The quantitative estimate of drug-likeness (QED) is 0.214. The van der Waals surface area contributed by atoms with Crippen molar-refractivity contribution < 1.29 is 27.7 Å². The van der Waals surface area contributed by atoms with Crippen LogP contribution in [0.3, 0.4) is 0 Å². The Bertz CT molecular complexity index is 1480. The second-order valence-corrected chi connectivity index (χ2v) is 12.7. The minimum atomic E-state index is -4.01. The maximum Gasteiger partial charge on any atom is 0.189 e. The number of aliphatic hydroxyl groups excluding tert-OH is 1. The van der Waals surface area contributed by atoms with Crippen molar-refractivity contribution in [1.29, 1.82) is 0 Å². The van der Waals surface area contributed by atoms with Crippen molar-refractivity contribution in [3.8, 4) is 0 Å². The second kappa shape index (κ2) is 13.1. The summed E-state index contributed by atoms with van der Waals surface area (Å²) in [6, 6.07) is 35.8. The third kappa shape index (κ3) is 6.45. The van der Waals surface area contributed by atoms with Crippen molar-refractivity contribution in [2.75, 3.05) is 13.2 Å². The van der Waals surface area contributed by atoms with E-state index in [2.05, 4.69) is 0 Å². The van der Waals surface area contributed by atoms with E-state index < -0.39 is 39.3 Å². The maximum atomic E-state index is 14.2. The zero-order valence-electron chi connectivity index (χ0n) is 23.1. The summed E-state index contributed by atoms with van der Waals surface area (Å²) in [5.41, 5.74) is 3.83. The Morgan fingerprint density at radius 3 is 1.78 bits per heavy atom. The van der Waals surface area contributed by atoms with Crippen molar-refractivity contribution in [3.63, 3.8) is 0 Å². The van der Waals surface area contributed by atoms with Crippen LogP contribution >= 0.6 is 0 Å². The Morgan fingerprint density at radius 2 is 1.24 bits per heavy atom. The molecule has 0 aromatic heterocycles. The minimum absolute atomic E-state index is 0.142. The first-order valence-electron chi connectivity index (χ1n) is 13.8. The molecule has 1 N–H and O–H groups in total. The van der Waals surface area contributed by atoms with Gasteiger partial charge in [0.15, 0.2) is 9.84 Å². The molecular weight excluding hydrogens is 536 g/mol. The number of aliphatic hydroxyl groups is 1. The Hall–Kier alpha value is -3.33. The van der Waals surface area contributed by atoms with E-state index in [0.717, 1.165) is 22.3 Å². The first-order chi connectivity index (χ1) is 20.0. The van der Waals surface area contributed by atoms with E-state index in [1.807, 2.05) is 97.9 Å². The van der Waals surface area contributed by atoms with Crippen molar-refractivity contribution in [2.45, 2.75) is 48.6 Å². The third-order valence-corrected chi connectivity index (χ3v) is 10.2. The molecule has 0 heterocycles. The zero-order valence-corrected chi connectivity index (χ0v) is 24.0. The van der Waals surface area contributed by atoms with Crippen LogP contribution in [-0.4, -0.2) is 43.7 Å². The van der Waals surface area contributed by atoms with Crippen LogP contribution in [0.2, 0.25) is 0 Å². The third-order valence-electron chi connectivity index (χ3n) is 7.72. The van der Waals surface area contributed by atoms with Crippen LogP contribution in [0.25, 0.3) is 0 Å². The van der Waals surface area contributed by atoms with Gasteiger partial charge in [-0.25, -0.2) is 8.42 Å². The summed E-state index contributed by atoms with van der Waals surface area (Å²) in [5.74, 6) is -0.651. The van der Waals surface area contributed by atoms with Crippen LogP contribution in [0.1, 0.15) is 22.3 Å². The van der Waals surface area contributed by atoms with E-state index in [9.17, 15) is 13.5 Å². The lowest BCUT2D eigenvalue weighted by atomic mass is 10.2. The van der Waals surface area contributed by atoms with Gasteiger partial charge in [-0.05, 0) is 35.7 Å². The van der Waals surface area contributed by atoms with E-state index >= 15 is 0 Å². The van der Waals surface area contributed by atoms with Gasteiger partial charge in [-0.1, -0.05) is 109 Å². The van der Waals surface area contributed by atoms with Gasteiger partial charge in [0.25, 0.3) is 0 Å². The molecule has 0 aliphatic heterocycles. The average Bonchev–Trinajstić information content (AvgIpc) is 3.68. The molecule has 1 aliphatic carbocycles. The summed E-state index contributed by atoms with van der Waals surface area (Å²) in [4.78, 5) is 0.153. The summed E-state index contributed by atoms with van der Waals surface area (Å²) in [6.07, 6.45) is -1.44. The predicted octanol–water partition coefficient (Wildman–Crippen LogP) is 5.52. The topological polar surface area (TPSA) is 82.1 Å². The van der Waals surface area contributed by atoms with Crippen LogP contribution in [0.15, 0.2) is 120 Å². The molecule has 0 amide bonds. The first kappa shape index (κ1) is 29.2. The van der Waals surface area contributed by atoms with Crippen molar-refractivity contribution in [2.24, 2.45) is 5.92 Å². The highest BCUT2D eigenvalue weighted by molar-refractivity contribution is 7.93. The molecule has 7 heteroatoms. The van der Waals surface area contributed by atoms with Gasteiger partial charge < -0.3 is 19.3 Å². The summed E-state index contributed by atoms with van der Waals surface area (Å²) in [5, 5.41) is 10.8. The summed E-state index contributed by atoms with van der Waals surface area (Å²) in [6.45, 7) is 2.28. The summed E-state index contributed by atoms with van der Waals surface area (Å²) in [7, 11) is -4.01. The molecule has 0 spiro atoms. The molecule has 0 unspecified atom stereocenters. The van der Waals surface area contributed by atoms with Gasteiger partial charge >= 0.3 is 0 Å². The molecule has 0 radical (unpaired) electrons. The second-order valence-electron chi connectivity index (χ2n) is 10.5. The Morgan fingerprint density at radius 1 is 0.732 bits per heavy atom. The lowest BCUT2D eigenvalue weighted by Crippen LogP contribution is -2.36. The van der Waals surface area contributed by atoms with Gasteiger partial charge in [-0.3, -0.25) is 0 Å². The highest BCUT2D eigenvalue weighted by Gasteiger charge is 2.76. The maximum absolute atomic E-state index is 14.2. The predicted molar refractivity (Wildman–Crippen MR) is 158 cm³/mol. The van der Waals surface area contributed by atoms with Gasteiger partial charge in [0, 0.05) is 5.92 Å². The standard InChI is InChI=1S/C34H36O6S/c1-26-17-19-30(20-18-26)41(36,37)34(25-35)32(33(34)40-23-29-15-9-4-10-16-29)31(39-22-28-13-7-3-8-14-28)24-38-21-27-11-5-2-6-12-27/h2-20,31-33,35H,21-25H2,1H3/t31-,32-,33+,34+/m0/s1. The van der Waals surface area contributed by atoms with Crippen molar-refractivity contribution >= 4 is 9.84 Å². The SMILES string of the molecule is Cc1ccc(S(=O)(=O)[C@]2(CO)[C@@H]([C@H](COCc3ccccc3)OCc3ccccc3)[C@H]2OCc2ccccc2)cc1. The molecule has 1 saturated carbocycles. The molecule has 4 aromatic carbocycles. The zero-order chi connectivity index (χ0) is 28.7. The first-order valence-corrected chi connectivity index (χ1v) is 15.3. The van der Waals surface area contributed by atoms with E-state index in [-0.39, 0.29) is 24.7 Å². The molecule has 6 nitrogen and oxygen atoms in total. The normalized spacial score (nSPS) is 20.9. The molecule has 41 heavy (non-hydrogen) atoms. The Balaban J connectivity index is 1.45. The van der Waals surface area contributed by atoms with Crippen LogP contribution in [0, 0.1) is 12.8 Å². The lowest BCUT2D eigenvalue weighted by Gasteiger charge is -2.22. The number of ether oxygens (including phenoxy) is 3. The molecule has 0 saturated heterocycles. The average molecular weight is 573 g/mol. The Labute approximate surface area is 242 Å². The fraction of sp³-hybridized carbons (Fsp3) is 0.294. The highest BCUT2D eigenvalue weighted by Crippen LogP contribution is 2.57. The van der Waals surface area contributed by atoms with E-state index in [1.165, 1.54) is 0 Å². The van der Waals surface area contributed by atoms with Crippen molar-refractivity contribution in [3.05, 3.63) is 138 Å². The van der Waals surface area contributed by atoms with Gasteiger partial charge in [0.2, 0.25) is 0 Å².